The molecule has 0 radical (unpaired) electrons. The highest BCUT2D eigenvalue weighted by molar-refractivity contribution is 5.75. The minimum absolute atomic E-state index is 0.297. The summed E-state index contributed by atoms with van der Waals surface area (Å²) in [6, 6.07) is 6.52. The van der Waals surface area contributed by atoms with Crippen molar-refractivity contribution < 1.29 is 9.53 Å². The molecule has 0 saturated heterocycles. The van der Waals surface area contributed by atoms with Crippen LogP contribution in [0.1, 0.15) is 77.8 Å². The first-order valence-corrected chi connectivity index (χ1v) is 9.24. The molecule has 1 aromatic rings. The molecule has 0 N–H and O–H groups in total. The number of hydrogen-bond acceptors (Lipinski definition) is 2. The summed E-state index contributed by atoms with van der Waals surface area (Å²) in [5.41, 5.74) is 2.54. The van der Waals surface area contributed by atoms with Crippen LogP contribution in [0, 0.1) is 12.8 Å². The predicted molar refractivity (Wildman–Crippen MR) is 100 cm³/mol. The van der Waals surface area contributed by atoms with Crippen LogP contribution < -0.4 is 4.74 Å². The SMILES string of the molecule is CC.CCC(C)COc1cc(CCCCCC(C)=O)ccc1C. The van der Waals surface area contributed by atoms with E-state index in [1.54, 1.807) is 6.92 Å². The van der Waals surface area contributed by atoms with Gasteiger partial charge in [0.2, 0.25) is 0 Å². The zero-order valence-electron chi connectivity index (χ0n) is 16.1. The molecule has 0 heterocycles. The molecule has 0 aliphatic rings. The maximum absolute atomic E-state index is 10.9. The van der Waals surface area contributed by atoms with Gasteiger partial charge in [-0.3, -0.25) is 0 Å². The van der Waals surface area contributed by atoms with Gasteiger partial charge in [0.25, 0.3) is 0 Å². The van der Waals surface area contributed by atoms with E-state index in [9.17, 15) is 4.79 Å². The summed E-state index contributed by atoms with van der Waals surface area (Å²) in [5, 5.41) is 0. The topological polar surface area (TPSA) is 26.3 Å². The Labute approximate surface area is 143 Å². The van der Waals surface area contributed by atoms with E-state index < -0.39 is 0 Å². The lowest BCUT2D eigenvalue weighted by Gasteiger charge is -2.14. The predicted octanol–water partition coefficient (Wildman–Crippen LogP) is 6.14. The fourth-order valence-corrected chi connectivity index (χ4v) is 2.19. The molecule has 1 aromatic carbocycles. The number of aryl methyl sites for hydroxylation is 2. The zero-order chi connectivity index (χ0) is 17.7. The molecule has 0 aliphatic carbocycles. The van der Waals surface area contributed by atoms with Crippen molar-refractivity contribution in [1.29, 1.82) is 0 Å². The van der Waals surface area contributed by atoms with Crippen molar-refractivity contribution >= 4 is 5.78 Å². The van der Waals surface area contributed by atoms with Gasteiger partial charge in [0.1, 0.15) is 11.5 Å². The molecule has 0 aromatic heterocycles. The molecule has 132 valence electrons. The van der Waals surface area contributed by atoms with Gasteiger partial charge in [0.15, 0.2) is 0 Å². The molecular weight excluding hydrogens is 284 g/mol. The number of hydrogen-bond donors (Lipinski definition) is 0. The molecule has 0 aliphatic heterocycles. The Hall–Kier alpha value is -1.31. The van der Waals surface area contributed by atoms with Crippen molar-refractivity contribution in [2.24, 2.45) is 5.92 Å². The van der Waals surface area contributed by atoms with Crippen LogP contribution in [0.5, 0.6) is 5.75 Å². The molecule has 1 rings (SSSR count). The Morgan fingerprint density at radius 3 is 2.48 bits per heavy atom. The first-order valence-electron chi connectivity index (χ1n) is 9.24. The normalized spacial score (nSPS) is 11.4. The van der Waals surface area contributed by atoms with Crippen LogP contribution in [0.2, 0.25) is 0 Å². The number of ether oxygens (including phenoxy) is 1. The molecule has 0 fully saturated rings. The average molecular weight is 321 g/mol. The fourth-order valence-electron chi connectivity index (χ4n) is 2.19. The van der Waals surface area contributed by atoms with Crippen LogP contribution in [0.15, 0.2) is 18.2 Å². The maximum atomic E-state index is 10.9. The number of ketones is 1. The van der Waals surface area contributed by atoms with Gasteiger partial charge in [-0.2, -0.15) is 0 Å². The Balaban J connectivity index is 0.00000232. The van der Waals surface area contributed by atoms with E-state index >= 15 is 0 Å². The quantitative estimate of drug-likeness (QED) is 0.484. The van der Waals surface area contributed by atoms with E-state index in [4.69, 9.17) is 4.74 Å². The lowest BCUT2D eigenvalue weighted by molar-refractivity contribution is -0.117. The third-order valence-electron chi connectivity index (χ3n) is 3.97. The molecule has 2 nitrogen and oxygen atoms in total. The monoisotopic (exact) mass is 320 g/mol. The second kappa shape index (κ2) is 13.2. The summed E-state index contributed by atoms with van der Waals surface area (Å²) in [5.74, 6) is 1.92. The van der Waals surface area contributed by atoms with E-state index in [2.05, 4.69) is 39.0 Å². The number of Topliss-reactive ketones (excluding diaryl/α,β-unsaturated/α-hetero) is 1. The second-order valence-corrected chi connectivity index (χ2v) is 6.19. The van der Waals surface area contributed by atoms with Crippen LogP contribution in [-0.4, -0.2) is 12.4 Å². The van der Waals surface area contributed by atoms with E-state index in [-0.39, 0.29) is 0 Å². The van der Waals surface area contributed by atoms with Crippen LogP contribution in [-0.2, 0) is 11.2 Å². The van der Waals surface area contributed by atoms with Crippen molar-refractivity contribution in [3.63, 3.8) is 0 Å². The maximum Gasteiger partial charge on any atom is 0.129 e. The smallest absolute Gasteiger partial charge is 0.129 e. The highest BCUT2D eigenvalue weighted by Gasteiger charge is 2.05. The standard InChI is InChI=1S/C19H30O2.C2H6/c1-5-15(2)14-21-19-13-18(12-11-16(19)3)10-8-6-7-9-17(4)20;1-2/h11-13,15H,5-10,14H2,1-4H3;1-2H3. The largest absolute Gasteiger partial charge is 0.493 e. The van der Waals surface area contributed by atoms with Gasteiger partial charge in [-0.25, -0.2) is 0 Å². The van der Waals surface area contributed by atoms with Gasteiger partial charge < -0.3 is 9.53 Å². The summed E-state index contributed by atoms with van der Waals surface area (Å²) in [4.78, 5) is 10.9. The van der Waals surface area contributed by atoms with Gasteiger partial charge in [0, 0.05) is 6.42 Å². The lowest BCUT2D eigenvalue weighted by Crippen LogP contribution is -2.08. The Kier molecular flexibility index (Phi) is 12.4. The highest BCUT2D eigenvalue weighted by Crippen LogP contribution is 2.22. The minimum Gasteiger partial charge on any atom is -0.493 e. The fraction of sp³-hybridized carbons (Fsp3) is 0.667. The molecule has 1 atom stereocenters. The average Bonchev–Trinajstić information content (AvgIpc) is 2.55. The number of benzene rings is 1. The number of carbonyl (C=O) groups excluding carboxylic acids is 1. The van der Waals surface area contributed by atoms with E-state index in [1.807, 2.05) is 13.8 Å². The Morgan fingerprint density at radius 2 is 1.87 bits per heavy atom. The molecule has 1 unspecified atom stereocenters. The lowest BCUT2D eigenvalue weighted by atomic mass is 10.0. The van der Waals surface area contributed by atoms with Gasteiger partial charge in [-0.05, 0) is 56.2 Å². The Bertz CT molecular complexity index is 437. The number of rotatable bonds is 10. The van der Waals surface area contributed by atoms with Crippen molar-refractivity contribution in [1.82, 2.24) is 0 Å². The van der Waals surface area contributed by atoms with Crippen LogP contribution in [0.3, 0.4) is 0 Å². The first-order chi connectivity index (χ1) is 11.0. The van der Waals surface area contributed by atoms with Crippen molar-refractivity contribution in [3.8, 4) is 5.75 Å². The van der Waals surface area contributed by atoms with Gasteiger partial charge in [-0.1, -0.05) is 52.7 Å². The summed E-state index contributed by atoms with van der Waals surface area (Å²) in [6.07, 6.45) is 6.21. The third-order valence-corrected chi connectivity index (χ3v) is 3.97. The summed E-state index contributed by atoms with van der Waals surface area (Å²) in [7, 11) is 0. The van der Waals surface area contributed by atoms with Crippen LogP contribution in [0.4, 0.5) is 0 Å². The Morgan fingerprint density at radius 1 is 1.17 bits per heavy atom. The molecule has 23 heavy (non-hydrogen) atoms. The highest BCUT2D eigenvalue weighted by atomic mass is 16.5. The van der Waals surface area contributed by atoms with Crippen LogP contribution >= 0.6 is 0 Å². The van der Waals surface area contributed by atoms with Gasteiger partial charge >= 0.3 is 0 Å². The third kappa shape index (κ3) is 10.1. The van der Waals surface area contributed by atoms with Crippen LogP contribution in [0.25, 0.3) is 0 Å². The van der Waals surface area contributed by atoms with Crippen molar-refractivity contribution in [2.45, 2.75) is 80.1 Å². The van der Waals surface area contributed by atoms with Crippen molar-refractivity contribution in [2.75, 3.05) is 6.61 Å². The molecular formula is C21H36O2. The number of unbranched alkanes of at least 4 members (excludes halogenated alkanes) is 2. The van der Waals surface area contributed by atoms with Gasteiger partial charge in [-0.15, -0.1) is 0 Å². The summed E-state index contributed by atoms with van der Waals surface area (Å²) in [6.45, 7) is 13.0. The first kappa shape index (κ1) is 21.7. The van der Waals surface area contributed by atoms with Gasteiger partial charge in [0.05, 0.1) is 6.61 Å². The van der Waals surface area contributed by atoms with E-state index in [0.717, 1.165) is 50.9 Å². The summed E-state index contributed by atoms with van der Waals surface area (Å²) >= 11 is 0. The molecule has 2 heteroatoms. The molecule has 0 amide bonds. The second-order valence-electron chi connectivity index (χ2n) is 6.19. The molecule has 0 spiro atoms. The van der Waals surface area contributed by atoms with Crippen molar-refractivity contribution in [3.05, 3.63) is 29.3 Å². The molecule has 0 saturated carbocycles. The minimum atomic E-state index is 0.297. The molecule has 0 bridgehead atoms. The summed E-state index contributed by atoms with van der Waals surface area (Å²) < 4.78 is 5.94. The zero-order valence-corrected chi connectivity index (χ0v) is 16.1. The number of carbonyl (C=O) groups is 1. The van der Waals surface area contributed by atoms with E-state index in [0.29, 0.717) is 11.7 Å². The van der Waals surface area contributed by atoms with E-state index in [1.165, 1.54) is 11.1 Å².